The maximum atomic E-state index is 12.4. The second-order valence-corrected chi connectivity index (χ2v) is 6.44. The molecule has 0 aliphatic rings. The smallest absolute Gasteiger partial charge is 0.261 e. The van der Waals surface area contributed by atoms with Crippen molar-refractivity contribution >= 4 is 27.3 Å². The molecule has 0 bridgehead atoms. The molecule has 0 fully saturated rings. The molecular formula is C16H21NO2S. The van der Waals surface area contributed by atoms with Gasteiger partial charge in [-0.3, -0.25) is 4.79 Å². The Hall–Kier alpha value is -1.39. The van der Waals surface area contributed by atoms with Crippen LogP contribution in [-0.2, 0) is 0 Å². The molecule has 1 heterocycles. The number of carbonyl (C=O) groups is 1. The molecule has 0 spiro atoms. The van der Waals surface area contributed by atoms with E-state index in [1.807, 2.05) is 31.2 Å². The molecule has 1 atom stereocenters. The van der Waals surface area contributed by atoms with E-state index >= 15 is 0 Å². The van der Waals surface area contributed by atoms with Gasteiger partial charge in [-0.05, 0) is 36.3 Å². The molecule has 2 aromatic rings. The number of rotatable bonds is 5. The quantitative estimate of drug-likeness (QED) is 0.887. The predicted molar refractivity (Wildman–Crippen MR) is 84.4 cm³/mol. The second kappa shape index (κ2) is 6.37. The van der Waals surface area contributed by atoms with Gasteiger partial charge in [0.05, 0.1) is 4.88 Å². The van der Waals surface area contributed by atoms with Crippen LogP contribution in [-0.4, -0.2) is 23.7 Å². The number of nitrogens with one attached hydrogen (secondary N) is 1. The molecule has 1 aromatic heterocycles. The highest BCUT2D eigenvalue weighted by Gasteiger charge is 2.20. The summed E-state index contributed by atoms with van der Waals surface area (Å²) in [5.74, 6) is 0.275. The van der Waals surface area contributed by atoms with Gasteiger partial charge in [0.2, 0.25) is 0 Å². The van der Waals surface area contributed by atoms with Gasteiger partial charge in [0.15, 0.2) is 0 Å². The van der Waals surface area contributed by atoms with E-state index in [-0.39, 0.29) is 18.6 Å². The van der Waals surface area contributed by atoms with Gasteiger partial charge in [-0.15, -0.1) is 11.3 Å². The minimum Gasteiger partial charge on any atom is -0.396 e. The Labute approximate surface area is 123 Å². The van der Waals surface area contributed by atoms with E-state index in [0.717, 1.165) is 20.5 Å². The molecule has 0 aliphatic heterocycles. The molecule has 1 amide bonds. The highest BCUT2D eigenvalue weighted by Crippen LogP contribution is 2.30. The van der Waals surface area contributed by atoms with Gasteiger partial charge in [0.1, 0.15) is 0 Å². The van der Waals surface area contributed by atoms with Crippen molar-refractivity contribution in [3.63, 3.8) is 0 Å². The number of benzene rings is 1. The van der Waals surface area contributed by atoms with Crippen LogP contribution in [0.4, 0.5) is 0 Å². The summed E-state index contributed by atoms with van der Waals surface area (Å²) in [6.45, 7) is 6.19. The Morgan fingerprint density at radius 2 is 2.05 bits per heavy atom. The summed E-state index contributed by atoms with van der Waals surface area (Å²) in [4.78, 5) is 13.2. The molecule has 3 nitrogen and oxygen atoms in total. The van der Waals surface area contributed by atoms with E-state index in [1.165, 1.54) is 11.3 Å². The van der Waals surface area contributed by atoms with Crippen molar-refractivity contribution in [3.8, 4) is 0 Å². The Kier molecular flexibility index (Phi) is 4.78. The first-order valence-electron chi connectivity index (χ1n) is 6.94. The van der Waals surface area contributed by atoms with Crippen molar-refractivity contribution in [1.82, 2.24) is 5.32 Å². The third kappa shape index (κ3) is 3.02. The third-order valence-electron chi connectivity index (χ3n) is 3.61. The van der Waals surface area contributed by atoms with Crippen molar-refractivity contribution < 1.29 is 9.90 Å². The average Bonchev–Trinajstić information content (AvgIpc) is 2.76. The largest absolute Gasteiger partial charge is 0.396 e. The fourth-order valence-corrected chi connectivity index (χ4v) is 3.45. The van der Waals surface area contributed by atoms with E-state index < -0.39 is 0 Å². The van der Waals surface area contributed by atoms with E-state index in [2.05, 4.69) is 19.2 Å². The minimum absolute atomic E-state index is 0.0112. The van der Waals surface area contributed by atoms with Gasteiger partial charge >= 0.3 is 0 Å². The lowest BCUT2D eigenvalue weighted by Gasteiger charge is -2.21. The van der Waals surface area contributed by atoms with Crippen LogP contribution >= 0.6 is 11.3 Å². The van der Waals surface area contributed by atoms with Crippen LogP contribution in [0.5, 0.6) is 0 Å². The molecule has 1 unspecified atom stereocenters. The number of amides is 1. The molecule has 4 heteroatoms. The summed E-state index contributed by atoms with van der Waals surface area (Å²) in [6.07, 6.45) is 0.591. The topological polar surface area (TPSA) is 49.3 Å². The Balaban J connectivity index is 2.24. The first-order chi connectivity index (χ1) is 9.54. The number of carbonyl (C=O) groups excluding carboxylic acids is 1. The fourth-order valence-electron chi connectivity index (χ4n) is 2.34. The van der Waals surface area contributed by atoms with Crippen LogP contribution in [0.1, 0.15) is 35.5 Å². The lowest BCUT2D eigenvalue weighted by molar-refractivity contribution is 0.0920. The Morgan fingerprint density at radius 1 is 1.35 bits per heavy atom. The van der Waals surface area contributed by atoms with Crippen LogP contribution in [0, 0.1) is 12.8 Å². The zero-order chi connectivity index (χ0) is 14.7. The molecule has 0 aliphatic carbocycles. The molecule has 1 aromatic carbocycles. The summed E-state index contributed by atoms with van der Waals surface area (Å²) >= 11 is 1.53. The van der Waals surface area contributed by atoms with E-state index in [0.29, 0.717) is 12.3 Å². The lowest BCUT2D eigenvalue weighted by Crippen LogP contribution is -2.39. The zero-order valence-corrected chi connectivity index (χ0v) is 13.0. The monoisotopic (exact) mass is 291 g/mol. The van der Waals surface area contributed by atoms with Gasteiger partial charge in [-0.1, -0.05) is 32.0 Å². The number of fused-ring (bicyclic) bond motifs is 1. The normalized spacial score (nSPS) is 12.8. The standard InChI is InChI=1S/C16H21NO2S/c1-10(2)13(8-9-18)17-16(19)15-11(3)12-6-4-5-7-14(12)20-15/h4-7,10,13,18H,8-9H2,1-3H3,(H,17,19). The second-order valence-electron chi connectivity index (χ2n) is 5.39. The lowest BCUT2D eigenvalue weighted by atomic mass is 10.0. The number of thiophene rings is 1. The number of aryl methyl sites for hydroxylation is 1. The molecular weight excluding hydrogens is 270 g/mol. The van der Waals surface area contributed by atoms with Gasteiger partial charge < -0.3 is 10.4 Å². The van der Waals surface area contributed by atoms with Crippen molar-refractivity contribution in [3.05, 3.63) is 34.7 Å². The molecule has 108 valence electrons. The van der Waals surface area contributed by atoms with Gasteiger partial charge in [0, 0.05) is 17.3 Å². The summed E-state index contributed by atoms with van der Waals surface area (Å²) < 4.78 is 1.14. The zero-order valence-electron chi connectivity index (χ0n) is 12.1. The van der Waals surface area contributed by atoms with E-state index in [9.17, 15) is 4.79 Å². The maximum Gasteiger partial charge on any atom is 0.261 e. The molecule has 20 heavy (non-hydrogen) atoms. The van der Waals surface area contributed by atoms with Crippen molar-refractivity contribution in [2.45, 2.75) is 33.2 Å². The van der Waals surface area contributed by atoms with Crippen LogP contribution in [0.25, 0.3) is 10.1 Å². The van der Waals surface area contributed by atoms with E-state index in [1.54, 1.807) is 0 Å². The van der Waals surface area contributed by atoms with Crippen molar-refractivity contribution in [1.29, 1.82) is 0 Å². The highest BCUT2D eigenvalue weighted by atomic mass is 32.1. The third-order valence-corrected chi connectivity index (χ3v) is 4.88. The number of hydrogen-bond acceptors (Lipinski definition) is 3. The molecule has 2 N–H and O–H groups in total. The van der Waals surface area contributed by atoms with E-state index in [4.69, 9.17) is 5.11 Å². The molecule has 0 radical (unpaired) electrons. The predicted octanol–water partition coefficient (Wildman–Crippen LogP) is 3.35. The van der Waals surface area contributed by atoms with Crippen LogP contribution in [0.15, 0.2) is 24.3 Å². The van der Waals surface area contributed by atoms with Crippen LogP contribution in [0.3, 0.4) is 0 Å². The maximum absolute atomic E-state index is 12.4. The highest BCUT2D eigenvalue weighted by molar-refractivity contribution is 7.21. The summed E-state index contributed by atoms with van der Waals surface area (Å²) in [6, 6.07) is 8.08. The fraction of sp³-hybridized carbons (Fsp3) is 0.438. The molecule has 0 saturated carbocycles. The molecule has 2 rings (SSSR count). The van der Waals surface area contributed by atoms with Crippen molar-refractivity contribution in [2.75, 3.05) is 6.61 Å². The molecule has 0 saturated heterocycles. The first kappa shape index (κ1) is 15.0. The van der Waals surface area contributed by atoms with Crippen molar-refractivity contribution in [2.24, 2.45) is 5.92 Å². The minimum atomic E-state index is -0.0316. The van der Waals surface area contributed by atoms with Gasteiger partial charge in [0.25, 0.3) is 5.91 Å². The SMILES string of the molecule is Cc1c(C(=O)NC(CCO)C(C)C)sc2ccccc12. The average molecular weight is 291 g/mol. The number of hydrogen-bond donors (Lipinski definition) is 2. The summed E-state index contributed by atoms with van der Waals surface area (Å²) in [7, 11) is 0. The number of aliphatic hydroxyl groups is 1. The summed E-state index contributed by atoms with van der Waals surface area (Å²) in [5.41, 5.74) is 1.04. The Morgan fingerprint density at radius 3 is 2.65 bits per heavy atom. The van der Waals surface area contributed by atoms with Gasteiger partial charge in [-0.2, -0.15) is 0 Å². The first-order valence-corrected chi connectivity index (χ1v) is 7.76. The number of aliphatic hydroxyl groups excluding tert-OH is 1. The Bertz CT molecular complexity index is 604. The van der Waals surface area contributed by atoms with Gasteiger partial charge in [-0.25, -0.2) is 0 Å². The van der Waals surface area contributed by atoms with Crippen LogP contribution in [0.2, 0.25) is 0 Å². The summed E-state index contributed by atoms with van der Waals surface area (Å²) in [5, 5.41) is 13.3. The van der Waals surface area contributed by atoms with Crippen LogP contribution < -0.4 is 5.32 Å².